The Labute approximate surface area is 132 Å². The number of ether oxygens (including phenoxy) is 1. The molecule has 0 amide bonds. The molecule has 0 aliphatic rings. The Hall–Kier alpha value is -2.37. The molecular formula is C16H14ClN3O2. The van der Waals surface area contributed by atoms with Gasteiger partial charge in [0.25, 0.3) is 0 Å². The molecular weight excluding hydrogens is 302 g/mol. The van der Waals surface area contributed by atoms with Gasteiger partial charge in [-0.1, -0.05) is 35.0 Å². The number of hydrogen-bond donors (Lipinski definition) is 1. The van der Waals surface area contributed by atoms with E-state index >= 15 is 0 Å². The van der Waals surface area contributed by atoms with Gasteiger partial charge in [-0.2, -0.15) is 0 Å². The highest BCUT2D eigenvalue weighted by Crippen LogP contribution is 2.28. The summed E-state index contributed by atoms with van der Waals surface area (Å²) in [4.78, 5) is 0. The molecule has 5 nitrogen and oxygen atoms in total. The third-order valence-electron chi connectivity index (χ3n) is 3.29. The second-order valence-electron chi connectivity index (χ2n) is 4.67. The van der Waals surface area contributed by atoms with Crippen molar-refractivity contribution in [1.29, 1.82) is 0 Å². The molecule has 1 N–H and O–H groups in total. The summed E-state index contributed by atoms with van der Waals surface area (Å²) < 4.78 is 6.92. The van der Waals surface area contributed by atoms with Gasteiger partial charge in [-0.15, -0.1) is 5.10 Å². The number of benzene rings is 2. The predicted molar refractivity (Wildman–Crippen MR) is 84.3 cm³/mol. The van der Waals surface area contributed by atoms with Gasteiger partial charge in [-0.3, -0.25) is 0 Å². The number of halogens is 1. The first-order chi connectivity index (χ1) is 10.7. The lowest BCUT2D eigenvalue weighted by Gasteiger charge is -2.09. The van der Waals surface area contributed by atoms with Crippen LogP contribution in [0.3, 0.4) is 0 Å². The summed E-state index contributed by atoms with van der Waals surface area (Å²) in [5.41, 5.74) is 2.84. The van der Waals surface area contributed by atoms with E-state index in [2.05, 4.69) is 10.3 Å². The quantitative estimate of drug-likeness (QED) is 0.803. The molecule has 1 heterocycles. The summed E-state index contributed by atoms with van der Waals surface area (Å²) in [5, 5.41) is 18.3. The maximum atomic E-state index is 9.55. The fourth-order valence-electron chi connectivity index (χ4n) is 2.27. The van der Waals surface area contributed by atoms with Crippen LogP contribution in [0.15, 0.2) is 48.5 Å². The summed E-state index contributed by atoms with van der Waals surface area (Å²) in [5.74, 6) is 0.722. The zero-order valence-corrected chi connectivity index (χ0v) is 12.7. The largest absolute Gasteiger partial charge is 0.497 e. The third kappa shape index (κ3) is 2.68. The van der Waals surface area contributed by atoms with Crippen LogP contribution < -0.4 is 4.74 Å². The Kier molecular flexibility index (Phi) is 4.09. The van der Waals surface area contributed by atoms with Crippen molar-refractivity contribution in [2.24, 2.45) is 0 Å². The molecule has 3 rings (SSSR count). The van der Waals surface area contributed by atoms with E-state index in [0.29, 0.717) is 16.4 Å². The van der Waals surface area contributed by atoms with Gasteiger partial charge in [-0.25, -0.2) is 4.68 Å². The maximum absolute atomic E-state index is 9.55. The third-order valence-corrected chi connectivity index (χ3v) is 3.52. The van der Waals surface area contributed by atoms with Gasteiger partial charge in [-0.05, 0) is 30.3 Å². The van der Waals surface area contributed by atoms with Crippen molar-refractivity contribution < 1.29 is 9.84 Å². The topological polar surface area (TPSA) is 60.2 Å². The lowest BCUT2D eigenvalue weighted by atomic mass is 10.1. The Morgan fingerprint density at radius 2 is 2.00 bits per heavy atom. The van der Waals surface area contributed by atoms with Crippen LogP contribution in [0.5, 0.6) is 5.75 Å². The van der Waals surface area contributed by atoms with Crippen molar-refractivity contribution >= 4 is 11.6 Å². The molecule has 0 saturated heterocycles. The molecule has 0 bridgehead atoms. The van der Waals surface area contributed by atoms with Gasteiger partial charge in [0.05, 0.1) is 19.4 Å². The highest BCUT2D eigenvalue weighted by molar-refractivity contribution is 6.30. The molecule has 3 aromatic rings. The molecule has 0 aliphatic heterocycles. The van der Waals surface area contributed by atoms with Gasteiger partial charge in [0, 0.05) is 10.6 Å². The zero-order valence-electron chi connectivity index (χ0n) is 11.9. The molecule has 0 radical (unpaired) electrons. The molecule has 0 atom stereocenters. The number of aliphatic hydroxyl groups excluding tert-OH is 1. The van der Waals surface area contributed by atoms with Gasteiger partial charge in [0.2, 0.25) is 0 Å². The number of methoxy groups -OCH3 is 1. The number of hydrogen-bond acceptors (Lipinski definition) is 4. The molecule has 1 aromatic heterocycles. The number of aromatic nitrogens is 3. The van der Waals surface area contributed by atoms with Gasteiger partial charge in [0.15, 0.2) is 0 Å². The van der Waals surface area contributed by atoms with Crippen molar-refractivity contribution in [3.8, 4) is 22.7 Å². The van der Waals surface area contributed by atoms with E-state index in [0.717, 1.165) is 17.0 Å². The first kappa shape index (κ1) is 14.6. The van der Waals surface area contributed by atoms with E-state index < -0.39 is 0 Å². The average Bonchev–Trinajstić information content (AvgIpc) is 2.99. The van der Waals surface area contributed by atoms with E-state index in [1.54, 1.807) is 23.9 Å². The standard InChI is InChI=1S/C16H14ClN3O2/c1-22-14-7-2-4-11(8-14)16-15(10-21)18-19-20(16)13-6-3-5-12(17)9-13/h2-9,21H,10H2,1H3. The summed E-state index contributed by atoms with van der Waals surface area (Å²) in [6, 6.07) is 14.8. The second-order valence-corrected chi connectivity index (χ2v) is 5.10. The van der Waals surface area contributed by atoms with Crippen LogP contribution in [0.25, 0.3) is 16.9 Å². The van der Waals surface area contributed by atoms with Gasteiger partial charge >= 0.3 is 0 Å². The van der Waals surface area contributed by atoms with Crippen molar-refractivity contribution in [1.82, 2.24) is 15.0 Å². The summed E-state index contributed by atoms with van der Waals surface area (Å²) >= 11 is 6.05. The smallest absolute Gasteiger partial charge is 0.119 e. The van der Waals surface area contributed by atoms with Gasteiger partial charge < -0.3 is 9.84 Å². The van der Waals surface area contributed by atoms with Crippen LogP contribution in [-0.4, -0.2) is 27.2 Å². The van der Waals surface area contributed by atoms with Crippen LogP contribution in [0, 0.1) is 0 Å². The predicted octanol–water partition coefficient (Wildman–Crippen LogP) is 3.09. The van der Waals surface area contributed by atoms with E-state index in [1.165, 1.54) is 0 Å². The lowest BCUT2D eigenvalue weighted by molar-refractivity contribution is 0.277. The van der Waals surface area contributed by atoms with Crippen LogP contribution in [0.2, 0.25) is 5.02 Å². The summed E-state index contributed by atoms with van der Waals surface area (Å²) in [7, 11) is 1.61. The molecule has 6 heteroatoms. The van der Waals surface area contributed by atoms with E-state index in [4.69, 9.17) is 16.3 Å². The fourth-order valence-corrected chi connectivity index (χ4v) is 2.45. The molecule has 0 saturated carbocycles. The van der Waals surface area contributed by atoms with Crippen molar-refractivity contribution in [3.63, 3.8) is 0 Å². The Morgan fingerprint density at radius 1 is 1.18 bits per heavy atom. The van der Waals surface area contributed by atoms with Crippen molar-refractivity contribution in [3.05, 3.63) is 59.2 Å². The van der Waals surface area contributed by atoms with E-state index in [1.807, 2.05) is 36.4 Å². The molecule has 0 fully saturated rings. The lowest BCUT2D eigenvalue weighted by Crippen LogP contribution is -2.00. The Balaban J connectivity index is 2.19. The summed E-state index contributed by atoms with van der Waals surface area (Å²) in [6.45, 7) is -0.201. The fraction of sp³-hybridized carbons (Fsp3) is 0.125. The van der Waals surface area contributed by atoms with Crippen molar-refractivity contribution in [2.75, 3.05) is 7.11 Å². The molecule has 2 aromatic carbocycles. The minimum absolute atomic E-state index is 0.201. The average molecular weight is 316 g/mol. The number of aliphatic hydroxyl groups is 1. The molecule has 0 spiro atoms. The molecule has 0 unspecified atom stereocenters. The van der Waals surface area contributed by atoms with Crippen molar-refractivity contribution in [2.45, 2.75) is 6.61 Å². The Bertz CT molecular complexity index is 802. The van der Waals surface area contributed by atoms with Crippen LogP contribution in [0.4, 0.5) is 0 Å². The van der Waals surface area contributed by atoms with E-state index in [9.17, 15) is 5.11 Å². The normalized spacial score (nSPS) is 10.7. The molecule has 0 aliphatic carbocycles. The SMILES string of the molecule is COc1cccc(-c2c(CO)nnn2-c2cccc(Cl)c2)c1. The van der Waals surface area contributed by atoms with Crippen LogP contribution in [-0.2, 0) is 6.61 Å². The molecule has 112 valence electrons. The minimum atomic E-state index is -0.201. The highest BCUT2D eigenvalue weighted by atomic mass is 35.5. The highest BCUT2D eigenvalue weighted by Gasteiger charge is 2.16. The second kappa shape index (κ2) is 6.17. The van der Waals surface area contributed by atoms with Crippen LogP contribution in [0.1, 0.15) is 5.69 Å². The van der Waals surface area contributed by atoms with Gasteiger partial charge in [0.1, 0.15) is 17.1 Å². The summed E-state index contributed by atoms with van der Waals surface area (Å²) in [6.07, 6.45) is 0. The zero-order chi connectivity index (χ0) is 15.5. The van der Waals surface area contributed by atoms with E-state index in [-0.39, 0.29) is 6.61 Å². The molecule has 22 heavy (non-hydrogen) atoms. The first-order valence-corrected chi connectivity index (χ1v) is 7.06. The minimum Gasteiger partial charge on any atom is -0.497 e. The van der Waals surface area contributed by atoms with Crippen LogP contribution >= 0.6 is 11.6 Å². The Morgan fingerprint density at radius 3 is 2.73 bits per heavy atom. The number of nitrogens with zero attached hydrogens (tertiary/aromatic N) is 3. The number of rotatable bonds is 4. The maximum Gasteiger partial charge on any atom is 0.119 e. The first-order valence-electron chi connectivity index (χ1n) is 6.68. The monoisotopic (exact) mass is 315 g/mol.